The highest BCUT2D eigenvalue weighted by Gasteiger charge is 2.33. The molecule has 1 aromatic carbocycles. The van der Waals surface area contributed by atoms with Crippen LogP contribution >= 0.6 is 0 Å². The molecule has 0 aliphatic heterocycles. The standard InChI is InChI=1S/C17H24FNO2/c1-3-13-6-8-17(21,9-7-13)11-19-16(20)14-10-12(2)4-5-15(14)18/h4-5,10,13,21H,3,6-9,11H2,1-2H3,(H,19,20). The van der Waals surface area contributed by atoms with Gasteiger partial charge in [0.15, 0.2) is 0 Å². The van der Waals surface area contributed by atoms with E-state index in [1.807, 2.05) is 6.92 Å². The SMILES string of the molecule is CCC1CCC(O)(CNC(=O)c2cc(C)ccc2F)CC1. The smallest absolute Gasteiger partial charge is 0.254 e. The van der Waals surface area contributed by atoms with Gasteiger partial charge in [0, 0.05) is 6.54 Å². The fourth-order valence-electron chi connectivity index (χ4n) is 2.95. The van der Waals surface area contributed by atoms with Gasteiger partial charge >= 0.3 is 0 Å². The molecule has 1 saturated carbocycles. The summed E-state index contributed by atoms with van der Waals surface area (Å²) in [5, 5.41) is 13.2. The molecule has 1 aliphatic carbocycles. The van der Waals surface area contributed by atoms with Crippen molar-refractivity contribution in [3.63, 3.8) is 0 Å². The Morgan fingerprint density at radius 2 is 2.10 bits per heavy atom. The van der Waals surface area contributed by atoms with Gasteiger partial charge in [-0.25, -0.2) is 4.39 Å². The first-order valence-electron chi connectivity index (χ1n) is 7.70. The highest BCUT2D eigenvalue weighted by atomic mass is 19.1. The maximum Gasteiger partial charge on any atom is 0.254 e. The minimum atomic E-state index is -0.846. The van der Waals surface area contributed by atoms with E-state index < -0.39 is 17.3 Å². The number of carbonyl (C=O) groups is 1. The number of hydrogen-bond donors (Lipinski definition) is 2. The van der Waals surface area contributed by atoms with Crippen molar-refractivity contribution < 1.29 is 14.3 Å². The number of halogens is 1. The summed E-state index contributed by atoms with van der Waals surface area (Å²) < 4.78 is 13.7. The highest BCUT2D eigenvalue weighted by Crippen LogP contribution is 2.33. The summed E-state index contributed by atoms with van der Waals surface area (Å²) in [5.41, 5.74) is 0.0336. The van der Waals surface area contributed by atoms with E-state index in [0.29, 0.717) is 18.8 Å². The largest absolute Gasteiger partial charge is 0.388 e. The minimum absolute atomic E-state index is 0.0424. The number of aliphatic hydroxyl groups is 1. The zero-order valence-electron chi connectivity index (χ0n) is 12.8. The van der Waals surface area contributed by atoms with Gasteiger partial charge < -0.3 is 10.4 Å². The summed E-state index contributed by atoms with van der Waals surface area (Å²) in [6.45, 7) is 4.17. The number of nitrogens with one attached hydrogen (secondary N) is 1. The van der Waals surface area contributed by atoms with E-state index in [9.17, 15) is 14.3 Å². The Balaban J connectivity index is 1.93. The second-order valence-electron chi connectivity index (χ2n) is 6.24. The number of aryl methyl sites for hydroxylation is 1. The average Bonchev–Trinajstić information content (AvgIpc) is 2.48. The van der Waals surface area contributed by atoms with Crippen LogP contribution < -0.4 is 5.32 Å². The van der Waals surface area contributed by atoms with Crippen molar-refractivity contribution in [1.29, 1.82) is 0 Å². The molecule has 0 heterocycles. The molecule has 0 bridgehead atoms. The molecule has 2 N–H and O–H groups in total. The molecule has 2 rings (SSSR count). The number of benzene rings is 1. The van der Waals surface area contributed by atoms with Gasteiger partial charge in [-0.05, 0) is 50.7 Å². The molecule has 1 amide bonds. The first kappa shape index (κ1) is 16.0. The van der Waals surface area contributed by atoms with Crippen molar-refractivity contribution >= 4 is 5.91 Å². The average molecular weight is 293 g/mol. The van der Waals surface area contributed by atoms with E-state index in [2.05, 4.69) is 12.2 Å². The van der Waals surface area contributed by atoms with Crippen molar-refractivity contribution in [2.75, 3.05) is 6.54 Å². The molecule has 1 aromatic rings. The summed E-state index contributed by atoms with van der Waals surface area (Å²) in [6.07, 6.45) is 4.50. The van der Waals surface area contributed by atoms with Crippen LogP contribution in [0, 0.1) is 18.7 Å². The van der Waals surface area contributed by atoms with Gasteiger partial charge in [0.25, 0.3) is 5.91 Å². The molecule has 1 fully saturated rings. The first-order chi connectivity index (χ1) is 9.93. The van der Waals surface area contributed by atoms with Crippen LogP contribution in [0.2, 0.25) is 0 Å². The van der Waals surface area contributed by atoms with Gasteiger partial charge in [0.05, 0.1) is 11.2 Å². The fourth-order valence-corrected chi connectivity index (χ4v) is 2.95. The molecule has 21 heavy (non-hydrogen) atoms. The lowest BCUT2D eigenvalue weighted by Gasteiger charge is -2.35. The van der Waals surface area contributed by atoms with E-state index in [1.54, 1.807) is 6.07 Å². The van der Waals surface area contributed by atoms with Crippen molar-refractivity contribution in [1.82, 2.24) is 5.32 Å². The van der Waals surface area contributed by atoms with Crippen LogP contribution in [0.1, 0.15) is 54.9 Å². The molecule has 4 heteroatoms. The van der Waals surface area contributed by atoms with Crippen molar-refractivity contribution in [2.45, 2.75) is 51.6 Å². The summed E-state index contributed by atoms with van der Waals surface area (Å²) in [7, 11) is 0. The molecule has 0 unspecified atom stereocenters. The van der Waals surface area contributed by atoms with E-state index in [0.717, 1.165) is 24.8 Å². The Kier molecular flexibility index (Phi) is 4.99. The van der Waals surface area contributed by atoms with E-state index in [4.69, 9.17) is 0 Å². The normalized spacial score (nSPS) is 25.6. The molecule has 116 valence electrons. The summed E-state index contributed by atoms with van der Waals surface area (Å²) >= 11 is 0. The molecular weight excluding hydrogens is 269 g/mol. The number of amides is 1. The molecule has 0 aromatic heterocycles. The van der Waals surface area contributed by atoms with Gasteiger partial charge in [-0.3, -0.25) is 4.79 Å². The number of hydrogen-bond acceptors (Lipinski definition) is 2. The molecule has 3 nitrogen and oxygen atoms in total. The maximum atomic E-state index is 13.7. The molecule has 1 aliphatic rings. The molecule has 0 saturated heterocycles. The lowest BCUT2D eigenvalue weighted by Crippen LogP contribution is -2.45. The molecule has 0 radical (unpaired) electrons. The van der Waals surface area contributed by atoms with E-state index in [1.165, 1.54) is 12.1 Å². The second kappa shape index (κ2) is 6.56. The quantitative estimate of drug-likeness (QED) is 0.895. The third kappa shape index (κ3) is 4.03. The van der Waals surface area contributed by atoms with Crippen molar-refractivity contribution in [2.24, 2.45) is 5.92 Å². The second-order valence-corrected chi connectivity index (χ2v) is 6.24. The van der Waals surface area contributed by atoms with Crippen LogP contribution in [0.5, 0.6) is 0 Å². The number of rotatable bonds is 4. The monoisotopic (exact) mass is 293 g/mol. The Hall–Kier alpha value is -1.42. The van der Waals surface area contributed by atoms with Gasteiger partial charge in [0.2, 0.25) is 0 Å². The Bertz CT molecular complexity index is 508. The Morgan fingerprint density at radius 3 is 2.71 bits per heavy atom. The van der Waals surface area contributed by atoms with Crippen LogP contribution in [-0.4, -0.2) is 23.2 Å². The predicted octanol–water partition coefficient (Wildman–Crippen LogP) is 3.20. The van der Waals surface area contributed by atoms with Gasteiger partial charge in [0.1, 0.15) is 5.82 Å². The predicted molar refractivity (Wildman–Crippen MR) is 80.7 cm³/mol. The zero-order valence-corrected chi connectivity index (χ0v) is 12.8. The minimum Gasteiger partial charge on any atom is -0.388 e. The van der Waals surface area contributed by atoms with Crippen LogP contribution in [0.15, 0.2) is 18.2 Å². The molecule has 0 atom stereocenters. The summed E-state index contributed by atoms with van der Waals surface area (Å²) in [6, 6.07) is 4.46. The third-order valence-electron chi connectivity index (χ3n) is 4.56. The van der Waals surface area contributed by atoms with Gasteiger partial charge in [-0.15, -0.1) is 0 Å². The topological polar surface area (TPSA) is 49.3 Å². The lowest BCUT2D eigenvalue weighted by molar-refractivity contribution is -0.00789. The maximum absolute atomic E-state index is 13.7. The van der Waals surface area contributed by atoms with Crippen molar-refractivity contribution in [3.8, 4) is 0 Å². The van der Waals surface area contributed by atoms with Crippen LogP contribution in [-0.2, 0) is 0 Å². The van der Waals surface area contributed by atoms with Crippen LogP contribution in [0.25, 0.3) is 0 Å². The van der Waals surface area contributed by atoms with Crippen molar-refractivity contribution in [3.05, 3.63) is 35.1 Å². The van der Waals surface area contributed by atoms with E-state index >= 15 is 0 Å². The third-order valence-corrected chi connectivity index (χ3v) is 4.56. The summed E-state index contributed by atoms with van der Waals surface area (Å²) in [5.74, 6) is -0.308. The summed E-state index contributed by atoms with van der Waals surface area (Å²) in [4.78, 5) is 12.1. The molecule has 0 spiro atoms. The first-order valence-corrected chi connectivity index (χ1v) is 7.70. The Labute approximate surface area is 125 Å². The highest BCUT2D eigenvalue weighted by molar-refractivity contribution is 5.94. The van der Waals surface area contributed by atoms with Gasteiger partial charge in [-0.1, -0.05) is 25.0 Å². The zero-order chi connectivity index (χ0) is 15.5. The van der Waals surface area contributed by atoms with Crippen LogP contribution in [0.4, 0.5) is 4.39 Å². The Morgan fingerprint density at radius 1 is 1.43 bits per heavy atom. The number of carbonyl (C=O) groups excluding carboxylic acids is 1. The fraction of sp³-hybridized carbons (Fsp3) is 0.588. The lowest BCUT2D eigenvalue weighted by atomic mass is 9.78. The van der Waals surface area contributed by atoms with Crippen LogP contribution in [0.3, 0.4) is 0 Å². The van der Waals surface area contributed by atoms with E-state index in [-0.39, 0.29) is 12.1 Å². The van der Waals surface area contributed by atoms with Gasteiger partial charge in [-0.2, -0.15) is 0 Å². The molecular formula is C17H24FNO2.